The molecule has 0 saturated carbocycles. The maximum absolute atomic E-state index is 11.7. The van der Waals surface area contributed by atoms with E-state index in [0.29, 0.717) is 12.8 Å². The van der Waals surface area contributed by atoms with Gasteiger partial charge in [0.05, 0.1) is 34.5 Å². The third-order valence-corrected chi connectivity index (χ3v) is 3.57. The molecule has 0 aliphatic rings. The maximum Gasteiger partial charge on any atom is 0.106 e. The van der Waals surface area contributed by atoms with E-state index in [4.69, 9.17) is 15.5 Å². The number of hydrogen-bond donors (Lipinski definition) is 3. The van der Waals surface area contributed by atoms with Gasteiger partial charge in [-0.2, -0.15) is 5.26 Å². The lowest BCUT2D eigenvalue weighted by atomic mass is 10.1. The smallest absolute Gasteiger partial charge is 0.106 e. The molecule has 0 rings (SSSR count). The summed E-state index contributed by atoms with van der Waals surface area (Å²) in [6.07, 6.45) is -0.149. The molecule has 0 aliphatic carbocycles. The van der Waals surface area contributed by atoms with Crippen molar-refractivity contribution in [3.05, 3.63) is 0 Å². The Hall–Kier alpha value is -0.480. The molecule has 0 aromatic heterocycles. The molecule has 0 amide bonds. The summed E-state index contributed by atoms with van der Waals surface area (Å²) < 4.78 is 14.0. The van der Waals surface area contributed by atoms with Crippen molar-refractivity contribution < 1.29 is 14.4 Å². The number of aliphatic hydroxyl groups is 2. The highest BCUT2D eigenvalue weighted by molar-refractivity contribution is 7.84. The lowest BCUT2D eigenvalue weighted by molar-refractivity contribution is 0.0858. The van der Waals surface area contributed by atoms with Crippen molar-refractivity contribution in [2.45, 2.75) is 50.5 Å². The van der Waals surface area contributed by atoms with Gasteiger partial charge < -0.3 is 10.2 Å². The van der Waals surface area contributed by atoms with Gasteiger partial charge in [0.2, 0.25) is 0 Å². The minimum atomic E-state index is -1.30. The van der Waals surface area contributed by atoms with E-state index in [9.17, 15) is 4.21 Å². The van der Waals surface area contributed by atoms with Crippen LogP contribution in [-0.4, -0.2) is 37.9 Å². The van der Waals surface area contributed by atoms with Crippen LogP contribution in [0.2, 0.25) is 0 Å². The minimum Gasteiger partial charge on any atom is -0.394 e. The van der Waals surface area contributed by atoms with Gasteiger partial charge in [-0.25, -0.2) is 8.93 Å². The number of rotatable bonds is 6. The van der Waals surface area contributed by atoms with Crippen LogP contribution in [-0.2, 0) is 11.0 Å². The number of nitrogens with one attached hydrogen (secondary N) is 1. The third kappa shape index (κ3) is 6.18. The van der Waals surface area contributed by atoms with Gasteiger partial charge >= 0.3 is 0 Å². The largest absolute Gasteiger partial charge is 0.394 e. The van der Waals surface area contributed by atoms with E-state index < -0.39 is 27.9 Å². The zero-order chi connectivity index (χ0) is 12.8. The van der Waals surface area contributed by atoms with Gasteiger partial charge in [0.25, 0.3) is 0 Å². The van der Waals surface area contributed by atoms with Gasteiger partial charge in [-0.3, -0.25) is 0 Å². The second kappa shape index (κ2) is 6.97. The standard InChI is InChI=1S/C10H20N2O3S/c1-10(2,3)16(15)12-8(6-11)4-5-9(14)7-13/h8-9,12-14H,4-5,7H2,1-3H3/t8-,9-,16?/m1/s1. The monoisotopic (exact) mass is 248 g/mol. The van der Waals surface area contributed by atoms with E-state index in [-0.39, 0.29) is 6.61 Å². The summed E-state index contributed by atoms with van der Waals surface area (Å²) in [6, 6.07) is 1.42. The molecule has 0 heterocycles. The number of aliphatic hydroxyl groups excluding tert-OH is 2. The first-order valence-electron chi connectivity index (χ1n) is 5.18. The molecule has 16 heavy (non-hydrogen) atoms. The van der Waals surface area contributed by atoms with Gasteiger partial charge in [-0.1, -0.05) is 0 Å². The molecule has 0 bridgehead atoms. The van der Waals surface area contributed by atoms with E-state index in [2.05, 4.69) is 4.72 Å². The molecule has 0 saturated heterocycles. The Bertz CT molecular complexity index is 270. The van der Waals surface area contributed by atoms with Crippen molar-refractivity contribution in [3.63, 3.8) is 0 Å². The van der Waals surface area contributed by atoms with Crippen molar-refractivity contribution >= 4 is 11.0 Å². The van der Waals surface area contributed by atoms with Crippen molar-refractivity contribution in [1.82, 2.24) is 4.72 Å². The lowest BCUT2D eigenvalue weighted by Crippen LogP contribution is -2.39. The van der Waals surface area contributed by atoms with Crippen LogP contribution in [0.1, 0.15) is 33.6 Å². The van der Waals surface area contributed by atoms with E-state index in [1.165, 1.54) is 0 Å². The zero-order valence-corrected chi connectivity index (χ0v) is 10.8. The molecular weight excluding hydrogens is 228 g/mol. The first-order valence-corrected chi connectivity index (χ1v) is 6.32. The van der Waals surface area contributed by atoms with Crippen molar-refractivity contribution in [3.8, 4) is 6.07 Å². The summed E-state index contributed by atoms with van der Waals surface area (Å²) in [7, 11) is -1.30. The summed E-state index contributed by atoms with van der Waals surface area (Å²) in [5, 5.41) is 26.6. The van der Waals surface area contributed by atoms with Gasteiger partial charge in [-0.05, 0) is 33.6 Å². The second-order valence-corrected chi connectivity index (χ2v) is 6.59. The second-order valence-electron chi connectivity index (χ2n) is 4.59. The normalized spacial score (nSPS) is 17.5. The van der Waals surface area contributed by atoms with E-state index >= 15 is 0 Å². The molecule has 3 N–H and O–H groups in total. The first kappa shape index (κ1) is 15.5. The molecule has 0 aromatic carbocycles. The van der Waals surface area contributed by atoms with Crippen LogP contribution in [0.5, 0.6) is 0 Å². The van der Waals surface area contributed by atoms with Crippen LogP contribution in [0.15, 0.2) is 0 Å². The minimum absolute atomic E-state index is 0.309. The number of hydrogen-bond acceptors (Lipinski definition) is 4. The molecule has 0 radical (unpaired) electrons. The molecule has 3 atom stereocenters. The Labute approximate surface area is 99.1 Å². The molecule has 5 nitrogen and oxygen atoms in total. The SMILES string of the molecule is CC(C)(C)S(=O)N[C@@H](C#N)CC[C@@H](O)CO. The molecular formula is C10H20N2O3S. The summed E-state index contributed by atoms with van der Waals surface area (Å²) in [4.78, 5) is 0. The van der Waals surface area contributed by atoms with E-state index in [0.717, 1.165) is 0 Å². The highest BCUT2D eigenvalue weighted by Crippen LogP contribution is 2.11. The van der Waals surface area contributed by atoms with Crippen LogP contribution in [0, 0.1) is 11.3 Å². The Kier molecular flexibility index (Phi) is 6.76. The third-order valence-electron chi connectivity index (χ3n) is 1.96. The van der Waals surface area contributed by atoms with Crippen LogP contribution >= 0.6 is 0 Å². The highest BCUT2D eigenvalue weighted by atomic mass is 32.2. The lowest BCUT2D eigenvalue weighted by Gasteiger charge is -2.21. The van der Waals surface area contributed by atoms with Gasteiger partial charge in [0, 0.05) is 0 Å². The van der Waals surface area contributed by atoms with Gasteiger partial charge in [-0.15, -0.1) is 0 Å². The van der Waals surface area contributed by atoms with Gasteiger partial charge in [0.15, 0.2) is 0 Å². The molecule has 0 aliphatic heterocycles. The summed E-state index contributed by atoms with van der Waals surface area (Å²) in [6.45, 7) is 5.12. The van der Waals surface area contributed by atoms with Crippen molar-refractivity contribution in [2.75, 3.05) is 6.61 Å². The fraction of sp³-hybridized carbons (Fsp3) is 0.900. The Morgan fingerprint density at radius 3 is 2.38 bits per heavy atom. The van der Waals surface area contributed by atoms with Crippen molar-refractivity contribution in [2.24, 2.45) is 0 Å². The summed E-state index contributed by atoms with van der Waals surface area (Å²) >= 11 is 0. The van der Waals surface area contributed by atoms with Crippen LogP contribution < -0.4 is 4.72 Å². The first-order chi connectivity index (χ1) is 7.31. The molecule has 0 spiro atoms. The molecule has 0 aromatic rings. The zero-order valence-electron chi connectivity index (χ0n) is 9.93. The molecule has 94 valence electrons. The fourth-order valence-electron chi connectivity index (χ4n) is 0.906. The van der Waals surface area contributed by atoms with Gasteiger partial charge in [0.1, 0.15) is 6.04 Å². The topological polar surface area (TPSA) is 93.4 Å². The van der Waals surface area contributed by atoms with Crippen LogP contribution in [0.4, 0.5) is 0 Å². The Balaban J connectivity index is 4.13. The van der Waals surface area contributed by atoms with Crippen LogP contribution in [0.3, 0.4) is 0 Å². The summed E-state index contributed by atoms with van der Waals surface area (Å²) in [5.41, 5.74) is 0. The maximum atomic E-state index is 11.7. The van der Waals surface area contributed by atoms with Crippen molar-refractivity contribution in [1.29, 1.82) is 5.26 Å². The average molecular weight is 248 g/mol. The predicted octanol–water partition coefficient (Wildman–Crippen LogP) is 0.0638. The van der Waals surface area contributed by atoms with Crippen LogP contribution in [0.25, 0.3) is 0 Å². The Morgan fingerprint density at radius 1 is 1.44 bits per heavy atom. The summed E-state index contributed by atoms with van der Waals surface area (Å²) in [5.74, 6) is 0. The fourth-order valence-corrected chi connectivity index (χ4v) is 1.69. The molecule has 1 unspecified atom stereocenters. The number of nitriles is 1. The number of nitrogens with zero attached hydrogens (tertiary/aromatic N) is 1. The highest BCUT2D eigenvalue weighted by Gasteiger charge is 2.22. The quantitative estimate of drug-likeness (QED) is 0.620. The van der Waals surface area contributed by atoms with E-state index in [1.54, 1.807) is 0 Å². The predicted molar refractivity (Wildman–Crippen MR) is 62.8 cm³/mol. The molecule has 0 fully saturated rings. The van der Waals surface area contributed by atoms with E-state index in [1.807, 2.05) is 26.8 Å². The average Bonchev–Trinajstić information content (AvgIpc) is 2.21. The molecule has 6 heteroatoms. The Morgan fingerprint density at radius 2 is 2.00 bits per heavy atom.